The summed E-state index contributed by atoms with van der Waals surface area (Å²) in [7, 11) is 0. The van der Waals surface area contributed by atoms with E-state index < -0.39 is 0 Å². The molecule has 0 aliphatic carbocycles. The summed E-state index contributed by atoms with van der Waals surface area (Å²) in [5.41, 5.74) is 3.35. The van der Waals surface area contributed by atoms with E-state index in [2.05, 4.69) is 45.3 Å². The third kappa shape index (κ3) is 8.12. The zero-order chi connectivity index (χ0) is 27.2. The molecule has 3 rings (SSSR count). The van der Waals surface area contributed by atoms with Crippen LogP contribution in [0.2, 0.25) is 0 Å². The summed E-state index contributed by atoms with van der Waals surface area (Å²) in [5.74, 6) is 0.708. The predicted octanol–water partition coefficient (Wildman–Crippen LogP) is 6.72. The Bertz CT molecular complexity index is 1210. The molecule has 0 saturated heterocycles. The third-order valence-electron chi connectivity index (χ3n) is 5.93. The highest BCUT2D eigenvalue weighted by atomic mass is 32.2. The first-order chi connectivity index (χ1) is 17.5. The molecular weight excluding hydrogens is 482 g/mol. The Morgan fingerprint density at radius 2 is 1.76 bits per heavy atom. The maximum atomic E-state index is 13.2. The van der Waals surface area contributed by atoms with E-state index in [-0.39, 0.29) is 23.9 Å². The van der Waals surface area contributed by atoms with Crippen LogP contribution in [0.25, 0.3) is 5.69 Å². The minimum absolute atomic E-state index is 0.0642. The first-order valence-electron chi connectivity index (χ1n) is 12.6. The molecule has 37 heavy (non-hydrogen) atoms. The highest BCUT2D eigenvalue weighted by Crippen LogP contribution is 2.27. The summed E-state index contributed by atoms with van der Waals surface area (Å²) in [6, 6.07) is 17.3. The molecule has 1 heterocycles. The topological polar surface area (TPSA) is 79.3 Å². The van der Waals surface area contributed by atoms with Crippen LogP contribution in [0, 0.1) is 12.8 Å². The minimum Gasteiger partial charge on any atom is -0.315 e. The average molecular weight is 522 g/mol. The van der Waals surface area contributed by atoms with Gasteiger partial charge in [0.1, 0.15) is 12.4 Å². The van der Waals surface area contributed by atoms with Gasteiger partial charge in [-0.2, -0.15) is 5.10 Å². The number of hydrogen-bond acceptors (Lipinski definition) is 4. The van der Waals surface area contributed by atoms with E-state index in [1.165, 1.54) is 0 Å². The van der Waals surface area contributed by atoms with E-state index in [1.807, 2.05) is 67.8 Å². The Balaban J connectivity index is 1.80. The Morgan fingerprint density at radius 1 is 1.05 bits per heavy atom. The van der Waals surface area contributed by atoms with Gasteiger partial charge in [0.2, 0.25) is 5.91 Å². The summed E-state index contributed by atoms with van der Waals surface area (Å²) >= 11 is 1.64. The number of nitrogens with zero attached hydrogens (tertiary/aromatic N) is 3. The maximum absolute atomic E-state index is 13.2. The Kier molecular flexibility index (Phi) is 9.43. The van der Waals surface area contributed by atoms with Gasteiger partial charge < -0.3 is 15.5 Å². The molecule has 2 aromatic carbocycles. The fourth-order valence-corrected chi connectivity index (χ4v) is 4.10. The highest BCUT2D eigenvalue weighted by Gasteiger charge is 2.23. The third-order valence-corrected chi connectivity index (χ3v) is 6.67. The number of carbonyl (C=O) groups excluding carboxylic acids is 2. The fourth-order valence-electron chi connectivity index (χ4n) is 3.69. The first kappa shape index (κ1) is 28.3. The van der Waals surface area contributed by atoms with E-state index in [1.54, 1.807) is 21.3 Å². The lowest BCUT2D eigenvalue weighted by Crippen LogP contribution is -2.41. The molecule has 2 N–H and O–H groups in total. The minimum atomic E-state index is -0.296. The maximum Gasteiger partial charge on any atom is 0.322 e. The second kappa shape index (κ2) is 12.3. The van der Waals surface area contributed by atoms with Crippen molar-refractivity contribution in [3.8, 4) is 5.69 Å². The number of aryl methyl sites for hydroxylation is 1. The number of aromatic nitrogens is 2. The number of hydrogen-bond donors (Lipinski definition) is 2. The molecule has 3 aromatic rings. The molecule has 0 spiro atoms. The van der Waals surface area contributed by atoms with Crippen molar-refractivity contribution < 1.29 is 9.59 Å². The quantitative estimate of drug-likeness (QED) is 0.306. The van der Waals surface area contributed by atoms with Gasteiger partial charge in [0.05, 0.1) is 11.4 Å². The molecule has 0 unspecified atom stereocenters. The average Bonchev–Trinajstić information content (AvgIpc) is 3.26. The van der Waals surface area contributed by atoms with Crippen molar-refractivity contribution in [1.82, 2.24) is 14.7 Å². The smallest absolute Gasteiger partial charge is 0.315 e. The summed E-state index contributed by atoms with van der Waals surface area (Å²) < 4.78 is 1.76. The van der Waals surface area contributed by atoms with Crippen molar-refractivity contribution in [3.05, 3.63) is 65.9 Å². The summed E-state index contributed by atoms with van der Waals surface area (Å²) in [4.78, 5) is 29.1. The molecule has 3 amide bonds. The van der Waals surface area contributed by atoms with Gasteiger partial charge in [-0.15, -0.1) is 11.8 Å². The molecule has 0 aliphatic rings. The number of carbonyl (C=O) groups is 2. The Hall–Kier alpha value is -3.26. The number of benzene rings is 2. The largest absolute Gasteiger partial charge is 0.322 e. The second-order valence-electron chi connectivity index (χ2n) is 10.7. The monoisotopic (exact) mass is 521 g/mol. The number of nitrogens with one attached hydrogen (secondary N) is 2. The van der Waals surface area contributed by atoms with Crippen LogP contribution in [-0.4, -0.2) is 46.0 Å². The van der Waals surface area contributed by atoms with E-state index in [0.717, 1.165) is 28.3 Å². The lowest BCUT2D eigenvalue weighted by Gasteiger charge is -2.23. The number of anilines is 2. The lowest BCUT2D eigenvalue weighted by atomic mass is 9.92. The second-order valence-corrected chi connectivity index (χ2v) is 11.6. The van der Waals surface area contributed by atoms with Gasteiger partial charge in [-0.1, -0.05) is 46.8 Å². The predicted molar refractivity (Wildman–Crippen MR) is 154 cm³/mol. The van der Waals surface area contributed by atoms with Crippen LogP contribution < -0.4 is 10.6 Å². The van der Waals surface area contributed by atoms with E-state index in [4.69, 9.17) is 5.10 Å². The van der Waals surface area contributed by atoms with Crippen LogP contribution >= 0.6 is 11.8 Å². The first-order valence-corrected chi connectivity index (χ1v) is 13.9. The van der Waals surface area contributed by atoms with Crippen LogP contribution in [0.3, 0.4) is 0 Å². The van der Waals surface area contributed by atoms with Gasteiger partial charge in [-0.3, -0.25) is 4.79 Å². The van der Waals surface area contributed by atoms with Crippen LogP contribution in [0.15, 0.2) is 59.5 Å². The summed E-state index contributed by atoms with van der Waals surface area (Å²) in [6.07, 6.45) is 2.80. The molecule has 7 nitrogen and oxygen atoms in total. The molecule has 0 atom stereocenters. The van der Waals surface area contributed by atoms with Crippen LogP contribution in [0.5, 0.6) is 0 Å². The van der Waals surface area contributed by atoms with Gasteiger partial charge in [0.25, 0.3) is 0 Å². The van der Waals surface area contributed by atoms with Gasteiger partial charge in [-0.25, -0.2) is 9.48 Å². The highest BCUT2D eigenvalue weighted by molar-refractivity contribution is 7.98. The molecule has 0 aliphatic heterocycles. The number of urea groups is 1. The molecule has 0 fully saturated rings. The zero-order valence-corrected chi connectivity index (χ0v) is 23.8. The van der Waals surface area contributed by atoms with Gasteiger partial charge in [0.15, 0.2) is 0 Å². The summed E-state index contributed by atoms with van der Waals surface area (Å²) in [5, 5.41) is 10.7. The van der Waals surface area contributed by atoms with Gasteiger partial charge in [0, 0.05) is 28.6 Å². The normalized spacial score (nSPS) is 11.5. The van der Waals surface area contributed by atoms with Crippen LogP contribution in [0.4, 0.5) is 16.3 Å². The molecule has 0 bridgehead atoms. The van der Waals surface area contributed by atoms with Crippen molar-refractivity contribution in [1.29, 1.82) is 0 Å². The molecule has 1 aromatic heterocycles. The summed E-state index contributed by atoms with van der Waals surface area (Å²) in [6.45, 7) is 12.9. The van der Waals surface area contributed by atoms with Crippen molar-refractivity contribution in [3.63, 3.8) is 0 Å². The zero-order valence-electron chi connectivity index (χ0n) is 23.0. The lowest BCUT2D eigenvalue weighted by molar-refractivity contribution is -0.116. The van der Waals surface area contributed by atoms with E-state index in [9.17, 15) is 9.59 Å². The van der Waals surface area contributed by atoms with Crippen LogP contribution in [0.1, 0.15) is 52.3 Å². The van der Waals surface area contributed by atoms with Crippen LogP contribution in [-0.2, 0) is 10.2 Å². The standard InChI is InChI=1S/C29H39N5O2S/c1-20(2)15-16-33(28(36)30-22-11-13-24(37-7)14-12-22)19-27(35)31-26-18-25(29(4,5)6)32-34(26)23-10-8-9-21(3)17-23/h8-14,17-18,20H,15-16,19H2,1-7H3,(H,30,36)(H,31,35). The van der Waals surface area contributed by atoms with E-state index >= 15 is 0 Å². The van der Waals surface area contributed by atoms with Crippen molar-refractivity contribution >= 4 is 35.2 Å². The number of thioether (sulfide) groups is 1. The fraction of sp³-hybridized carbons (Fsp3) is 0.414. The Labute approximate surface area is 225 Å². The molecule has 0 saturated carbocycles. The number of amides is 3. The Morgan fingerprint density at radius 3 is 2.35 bits per heavy atom. The van der Waals surface area contributed by atoms with E-state index in [0.29, 0.717) is 24.0 Å². The molecular formula is C29H39N5O2S. The van der Waals surface area contributed by atoms with Crippen molar-refractivity contribution in [2.45, 2.75) is 58.3 Å². The van der Waals surface area contributed by atoms with Crippen molar-refractivity contribution in [2.75, 3.05) is 30.0 Å². The molecule has 0 radical (unpaired) electrons. The number of rotatable bonds is 9. The SMILES string of the molecule is CSc1ccc(NC(=O)N(CCC(C)C)CC(=O)Nc2cc(C(C)(C)C)nn2-c2cccc(C)c2)cc1. The molecule has 198 valence electrons. The molecule has 8 heteroatoms. The van der Waals surface area contributed by atoms with Crippen molar-refractivity contribution in [2.24, 2.45) is 5.92 Å². The van der Waals surface area contributed by atoms with Gasteiger partial charge in [-0.05, 0) is 67.5 Å². The van der Waals surface area contributed by atoms with Gasteiger partial charge >= 0.3 is 6.03 Å².